The second-order valence-electron chi connectivity index (χ2n) is 4.12. The van der Waals surface area contributed by atoms with Gasteiger partial charge in [-0.2, -0.15) is 0 Å². The first kappa shape index (κ1) is 13.1. The fraction of sp³-hybridized carbons (Fsp3) is 0.545. The Bertz CT molecular complexity index is 433. The van der Waals surface area contributed by atoms with Crippen molar-refractivity contribution in [3.05, 3.63) is 11.8 Å². The van der Waals surface area contributed by atoms with Gasteiger partial charge < -0.3 is 4.90 Å². The number of rotatable bonds is 3. The van der Waals surface area contributed by atoms with Crippen molar-refractivity contribution >= 4 is 23.5 Å². The number of piperidine rings is 1. The number of anilines is 1. The monoisotopic (exact) mass is 267 g/mol. The molecule has 0 unspecified atom stereocenters. The Hall–Kier alpha value is -1.34. The lowest BCUT2D eigenvalue weighted by molar-refractivity contribution is 0.0953. The average Bonchev–Trinajstić information content (AvgIpc) is 2.46. The van der Waals surface area contributed by atoms with Gasteiger partial charge in [0.2, 0.25) is 0 Å². The molecule has 0 atom stereocenters. The van der Waals surface area contributed by atoms with Crippen LogP contribution in [0.1, 0.15) is 29.6 Å². The second-order valence-corrected chi connectivity index (χ2v) is 4.89. The van der Waals surface area contributed by atoms with Crippen LogP contribution in [0.25, 0.3) is 0 Å². The third kappa shape index (κ3) is 2.73. The molecule has 1 aromatic heterocycles. The molecule has 1 amide bonds. The number of hydrazine groups is 1. The van der Waals surface area contributed by atoms with E-state index >= 15 is 0 Å². The van der Waals surface area contributed by atoms with Crippen LogP contribution in [0.5, 0.6) is 0 Å². The maximum atomic E-state index is 11.7. The summed E-state index contributed by atoms with van der Waals surface area (Å²) in [4.78, 5) is 22.4. The third-order valence-corrected chi connectivity index (χ3v) is 3.52. The molecule has 0 saturated carbocycles. The van der Waals surface area contributed by atoms with E-state index in [1.54, 1.807) is 6.20 Å². The van der Waals surface area contributed by atoms with Crippen molar-refractivity contribution in [2.24, 2.45) is 5.84 Å². The Kier molecular flexibility index (Phi) is 4.38. The maximum absolute atomic E-state index is 11.7. The summed E-state index contributed by atoms with van der Waals surface area (Å²) >= 11 is 1.46. The van der Waals surface area contributed by atoms with Crippen LogP contribution in [0, 0.1) is 0 Å². The molecule has 3 N–H and O–H groups in total. The topological polar surface area (TPSA) is 84.1 Å². The minimum atomic E-state index is -0.344. The van der Waals surface area contributed by atoms with E-state index in [1.165, 1.54) is 18.2 Å². The molecule has 7 heteroatoms. The number of hydrogen-bond donors (Lipinski definition) is 2. The summed E-state index contributed by atoms with van der Waals surface area (Å²) in [5, 5.41) is 0.671. The lowest BCUT2D eigenvalue weighted by Crippen LogP contribution is -2.35. The molecule has 1 aliphatic heterocycles. The maximum Gasteiger partial charge on any atom is 0.270 e. The normalized spacial score (nSPS) is 15.6. The first-order valence-corrected chi connectivity index (χ1v) is 7.15. The van der Waals surface area contributed by atoms with Gasteiger partial charge in [-0.1, -0.05) is 11.8 Å². The molecule has 0 spiro atoms. The molecule has 2 heterocycles. The zero-order valence-corrected chi connectivity index (χ0v) is 11.2. The first-order chi connectivity index (χ1) is 8.76. The van der Waals surface area contributed by atoms with Crippen LogP contribution in [-0.2, 0) is 0 Å². The average molecular weight is 267 g/mol. The summed E-state index contributed by atoms with van der Waals surface area (Å²) in [6.45, 7) is 1.85. The molecular formula is C11H17N5OS. The number of carbonyl (C=O) groups excluding carboxylic acids is 1. The van der Waals surface area contributed by atoms with Crippen LogP contribution in [0.4, 0.5) is 5.82 Å². The van der Waals surface area contributed by atoms with Gasteiger partial charge in [-0.05, 0) is 25.5 Å². The predicted molar refractivity (Wildman–Crippen MR) is 71.5 cm³/mol. The molecule has 18 heavy (non-hydrogen) atoms. The molecule has 6 nitrogen and oxygen atoms in total. The van der Waals surface area contributed by atoms with Crippen molar-refractivity contribution < 1.29 is 4.79 Å². The van der Waals surface area contributed by atoms with Gasteiger partial charge in [0.15, 0.2) is 5.16 Å². The quantitative estimate of drug-likeness (QED) is 0.277. The lowest BCUT2D eigenvalue weighted by Gasteiger charge is -2.29. The fourth-order valence-electron chi connectivity index (χ4n) is 2.04. The van der Waals surface area contributed by atoms with Gasteiger partial charge in [-0.3, -0.25) is 10.2 Å². The Morgan fingerprint density at radius 3 is 2.78 bits per heavy atom. The highest BCUT2D eigenvalue weighted by atomic mass is 32.2. The van der Waals surface area contributed by atoms with E-state index in [-0.39, 0.29) is 5.91 Å². The third-order valence-electron chi connectivity index (χ3n) is 2.96. The SMILES string of the molecule is CSc1ncc(C(=O)NN)c(N2CCCCC2)n1. The molecule has 98 valence electrons. The highest BCUT2D eigenvalue weighted by molar-refractivity contribution is 7.98. The number of thioether (sulfide) groups is 1. The minimum absolute atomic E-state index is 0.344. The van der Waals surface area contributed by atoms with Crippen LogP contribution >= 0.6 is 11.8 Å². The van der Waals surface area contributed by atoms with Crippen LogP contribution in [0.15, 0.2) is 11.4 Å². The van der Waals surface area contributed by atoms with E-state index in [0.29, 0.717) is 16.5 Å². The molecule has 0 bridgehead atoms. The van der Waals surface area contributed by atoms with Crippen molar-refractivity contribution in [3.8, 4) is 0 Å². The van der Waals surface area contributed by atoms with Gasteiger partial charge in [-0.25, -0.2) is 15.8 Å². The van der Waals surface area contributed by atoms with Gasteiger partial charge in [0.25, 0.3) is 5.91 Å². The molecule has 1 saturated heterocycles. The molecule has 1 aromatic rings. The van der Waals surface area contributed by atoms with Gasteiger partial charge in [0.1, 0.15) is 11.4 Å². The summed E-state index contributed by atoms with van der Waals surface area (Å²) in [5.41, 5.74) is 2.59. The number of hydrogen-bond acceptors (Lipinski definition) is 6. The largest absolute Gasteiger partial charge is 0.356 e. The minimum Gasteiger partial charge on any atom is -0.356 e. The molecule has 1 fully saturated rings. The van der Waals surface area contributed by atoms with Crippen LogP contribution in [0.2, 0.25) is 0 Å². The molecule has 0 radical (unpaired) electrons. The lowest BCUT2D eigenvalue weighted by atomic mass is 10.1. The van der Waals surface area contributed by atoms with Crippen molar-refractivity contribution in [2.45, 2.75) is 24.4 Å². The van der Waals surface area contributed by atoms with Crippen molar-refractivity contribution in [1.82, 2.24) is 15.4 Å². The zero-order chi connectivity index (χ0) is 13.0. The number of nitrogens with zero attached hydrogens (tertiary/aromatic N) is 3. The summed E-state index contributed by atoms with van der Waals surface area (Å²) in [6, 6.07) is 0. The molecular weight excluding hydrogens is 250 g/mol. The van der Waals surface area contributed by atoms with Crippen LogP contribution in [0.3, 0.4) is 0 Å². The summed E-state index contributed by atoms with van der Waals surface area (Å²) < 4.78 is 0. The van der Waals surface area contributed by atoms with Crippen LogP contribution in [-0.4, -0.2) is 35.2 Å². The van der Waals surface area contributed by atoms with E-state index in [2.05, 4.69) is 20.3 Å². The van der Waals surface area contributed by atoms with Crippen LogP contribution < -0.4 is 16.2 Å². The smallest absolute Gasteiger partial charge is 0.270 e. The van der Waals surface area contributed by atoms with Gasteiger partial charge in [0.05, 0.1) is 0 Å². The second kappa shape index (κ2) is 6.01. The number of nitrogens with one attached hydrogen (secondary N) is 1. The Balaban J connectivity index is 2.36. The van der Waals surface area contributed by atoms with Crippen molar-refractivity contribution in [2.75, 3.05) is 24.2 Å². The van der Waals surface area contributed by atoms with Gasteiger partial charge in [0, 0.05) is 19.3 Å². The summed E-state index contributed by atoms with van der Waals surface area (Å²) in [7, 11) is 0. The van der Waals surface area contributed by atoms with E-state index in [1.807, 2.05) is 6.26 Å². The van der Waals surface area contributed by atoms with E-state index < -0.39 is 0 Å². The first-order valence-electron chi connectivity index (χ1n) is 5.93. The predicted octanol–water partition coefficient (Wildman–Crippen LogP) is 0.792. The summed E-state index contributed by atoms with van der Waals surface area (Å²) in [5.74, 6) is 5.54. The number of carbonyl (C=O) groups is 1. The van der Waals surface area contributed by atoms with E-state index in [9.17, 15) is 4.79 Å². The van der Waals surface area contributed by atoms with E-state index in [4.69, 9.17) is 5.84 Å². The standard InChI is InChI=1S/C11H17N5OS/c1-18-11-13-7-8(10(17)15-12)9(14-11)16-5-3-2-4-6-16/h7H,2-6,12H2,1H3,(H,15,17). The molecule has 1 aliphatic rings. The molecule has 0 aromatic carbocycles. The van der Waals surface area contributed by atoms with Gasteiger partial charge in [-0.15, -0.1) is 0 Å². The highest BCUT2D eigenvalue weighted by Gasteiger charge is 2.20. The van der Waals surface area contributed by atoms with Crippen molar-refractivity contribution in [3.63, 3.8) is 0 Å². The zero-order valence-electron chi connectivity index (χ0n) is 10.3. The Labute approximate surface area is 110 Å². The number of aromatic nitrogens is 2. The fourth-order valence-corrected chi connectivity index (χ4v) is 2.38. The number of nitrogen functional groups attached to an aromatic ring is 1. The number of nitrogens with two attached hydrogens (primary N) is 1. The Morgan fingerprint density at radius 1 is 1.44 bits per heavy atom. The van der Waals surface area contributed by atoms with Gasteiger partial charge >= 0.3 is 0 Å². The highest BCUT2D eigenvalue weighted by Crippen LogP contribution is 2.23. The van der Waals surface area contributed by atoms with Crippen molar-refractivity contribution in [1.29, 1.82) is 0 Å². The number of amides is 1. The van der Waals surface area contributed by atoms with E-state index in [0.717, 1.165) is 25.9 Å². The molecule has 2 rings (SSSR count). The molecule has 0 aliphatic carbocycles. The Morgan fingerprint density at radius 2 is 2.17 bits per heavy atom. The summed E-state index contributed by atoms with van der Waals surface area (Å²) in [6.07, 6.45) is 6.95.